The zero-order valence-corrected chi connectivity index (χ0v) is 23.2. The van der Waals surface area contributed by atoms with Gasteiger partial charge in [0, 0.05) is 18.4 Å². The molecule has 2 aliphatic heterocycles. The third-order valence-corrected chi connectivity index (χ3v) is 7.73. The second-order valence-corrected chi connectivity index (χ2v) is 10.6. The number of carbonyl (C=O) groups excluding carboxylic acids is 2. The summed E-state index contributed by atoms with van der Waals surface area (Å²) in [4.78, 5) is 47.4. The van der Waals surface area contributed by atoms with Gasteiger partial charge in [0.25, 0.3) is 16.9 Å². The fraction of sp³-hybridized carbons (Fsp3) is 0.448. The van der Waals surface area contributed by atoms with Crippen LogP contribution in [0.3, 0.4) is 0 Å². The van der Waals surface area contributed by atoms with Crippen molar-refractivity contribution >= 4 is 23.5 Å². The largest absolute Gasteiger partial charge is 0.314 e. The van der Waals surface area contributed by atoms with Crippen molar-refractivity contribution < 1.29 is 19.5 Å². The number of carbonyl (C=O) groups is 2. The van der Waals surface area contributed by atoms with Gasteiger partial charge in [0.15, 0.2) is 5.84 Å². The Morgan fingerprint density at radius 3 is 2.54 bits per heavy atom. The first-order valence-corrected chi connectivity index (χ1v) is 14.2. The summed E-state index contributed by atoms with van der Waals surface area (Å²) >= 11 is 0. The summed E-state index contributed by atoms with van der Waals surface area (Å²) in [7, 11) is 0. The molecule has 2 aromatic carbocycles. The smallest absolute Gasteiger partial charge is 0.294 e. The molecule has 1 saturated carbocycles. The average molecular weight is 562 g/mol. The maximum atomic E-state index is 13.5. The molecule has 2 amide bonds. The number of aliphatic imine (C=N–C) groups is 1. The van der Waals surface area contributed by atoms with Crippen LogP contribution in [-0.4, -0.2) is 50.7 Å². The van der Waals surface area contributed by atoms with E-state index in [1.807, 2.05) is 53.4 Å². The van der Waals surface area contributed by atoms with Crippen LogP contribution in [0.25, 0.3) is 11.1 Å². The molecule has 1 fully saturated rings. The molecule has 2 N–H and O–H groups in total. The molecule has 0 bridgehead atoms. The number of nitrogens with one attached hydrogen (secondary N) is 2. The van der Waals surface area contributed by atoms with Crippen molar-refractivity contribution in [1.82, 2.24) is 21.0 Å². The fourth-order valence-corrected chi connectivity index (χ4v) is 5.58. The average Bonchev–Trinajstić information content (AvgIpc) is 3.72. The minimum atomic E-state index is -0.877. The van der Waals surface area contributed by atoms with Crippen LogP contribution in [0, 0.1) is 10.1 Å². The normalized spacial score (nSPS) is 17.3. The molecule has 0 unspecified atom stereocenters. The Morgan fingerprint density at radius 1 is 1.10 bits per heavy atom. The maximum absolute atomic E-state index is 13.5. The van der Waals surface area contributed by atoms with Gasteiger partial charge in [0.05, 0.1) is 13.2 Å². The molecule has 2 heterocycles. The molecule has 5 rings (SSSR count). The van der Waals surface area contributed by atoms with Gasteiger partial charge in [-0.1, -0.05) is 74.7 Å². The second-order valence-electron chi connectivity index (χ2n) is 10.6. The van der Waals surface area contributed by atoms with Crippen molar-refractivity contribution in [2.24, 2.45) is 10.1 Å². The number of amidine groups is 2. The molecular formula is C29H35N7O5. The van der Waals surface area contributed by atoms with Crippen LogP contribution in [0.1, 0.15) is 75.8 Å². The van der Waals surface area contributed by atoms with Crippen LogP contribution in [-0.2, 0) is 21.0 Å². The summed E-state index contributed by atoms with van der Waals surface area (Å²) < 4.78 is 0. The molecule has 0 aromatic heterocycles. The van der Waals surface area contributed by atoms with Crippen molar-refractivity contribution in [2.45, 2.75) is 76.8 Å². The lowest BCUT2D eigenvalue weighted by Gasteiger charge is -2.23. The van der Waals surface area contributed by atoms with E-state index < -0.39 is 10.6 Å². The van der Waals surface area contributed by atoms with E-state index in [0.717, 1.165) is 78.2 Å². The first-order valence-electron chi connectivity index (χ1n) is 14.2. The van der Waals surface area contributed by atoms with Crippen molar-refractivity contribution in [2.75, 3.05) is 6.61 Å². The Hall–Kier alpha value is -4.48. The van der Waals surface area contributed by atoms with Crippen molar-refractivity contribution in [3.05, 3.63) is 69.8 Å². The first kappa shape index (κ1) is 28.1. The summed E-state index contributed by atoms with van der Waals surface area (Å²) in [5, 5.41) is 14.8. The SMILES string of the molecule is CCCCC1=NC2(CCCC2)C(=O)N1Cc1ccc(-c2ccccc2C2=NNN(C(=O)CCCO[N+](=O)[O-])N2)cc1. The van der Waals surface area contributed by atoms with Gasteiger partial charge in [-0.25, -0.2) is 0 Å². The predicted molar refractivity (Wildman–Crippen MR) is 152 cm³/mol. The van der Waals surface area contributed by atoms with E-state index in [4.69, 9.17) is 4.99 Å². The van der Waals surface area contributed by atoms with Gasteiger partial charge < -0.3 is 4.84 Å². The maximum Gasteiger partial charge on any atom is 0.294 e. The number of rotatable bonds is 12. The Balaban J connectivity index is 1.25. The first-order chi connectivity index (χ1) is 19.9. The lowest BCUT2D eigenvalue weighted by Crippen LogP contribution is -2.46. The minimum Gasteiger partial charge on any atom is -0.314 e. The molecule has 1 spiro atoms. The van der Waals surface area contributed by atoms with Crippen LogP contribution >= 0.6 is 0 Å². The van der Waals surface area contributed by atoms with E-state index in [-0.39, 0.29) is 31.3 Å². The van der Waals surface area contributed by atoms with E-state index >= 15 is 0 Å². The number of benzene rings is 2. The van der Waals surface area contributed by atoms with Crippen molar-refractivity contribution in [3.63, 3.8) is 0 Å². The minimum absolute atomic E-state index is 0.0469. The lowest BCUT2D eigenvalue weighted by atomic mass is 9.97. The summed E-state index contributed by atoms with van der Waals surface area (Å²) in [6, 6.07) is 15.9. The quantitative estimate of drug-likeness (QED) is 0.226. The Morgan fingerprint density at radius 2 is 1.83 bits per heavy atom. The molecule has 0 saturated heterocycles. The highest BCUT2D eigenvalue weighted by molar-refractivity contribution is 6.08. The van der Waals surface area contributed by atoms with Crippen LogP contribution in [0.5, 0.6) is 0 Å². The monoisotopic (exact) mass is 561 g/mol. The summed E-state index contributed by atoms with van der Waals surface area (Å²) in [5.41, 5.74) is 8.82. The van der Waals surface area contributed by atoms with E-state index in [2.05, 4.69) is 27.8 Å². The van der Waals surface area contributed by atoms with E-state index in [9.17, 15) is 19.7 Å². The number of unbranched alkanes of at least 4 members (excludes halogenated alkanes) is 1. The van der Waals surface area contributed by atoms with Gasteiger partial charge in [-0.2, -0.15) is 5.53 Å². The Labute approximate surface area is 238 Å². The van der Waals surface area contributed by atoms with E-state index in [1.165, 1.54) is 0 Å². The summed E-state index contributed by atoms with van der Waals surface area (Å²) in [6.07, 6.45) is 6.95. The zero-order chi connectivity index (χ0) is 28.8. The van der Waals surface area contributed by atoms with Crippen LogP contribution in [0.4, 0.5) is 0 Å². The van der Waals surface area contributed by atoms with Crippen molar-refractivity contribution in [3.8, 4) is 11.1 Å². The molecular weight excluding hydrogens is 526 g/mol. The number of hydrogen-bond acceptors (Lipinski definition) is 9. The van der Waals surface area contributed by atoms with E-state index in [0.29, 0.717) is 12.4 Å². The van der Waals surface area contributed by atoms with Crippen LogP contribution < -0.4 is 11.0 Å². The lowest BCUT2D eigenvalue weighted by molar-refractivity contribution is -0.757. The number of hydrazine groups is 2. The molecule has 216 valence electrons. The van der Waals surface area contributed by atoms with Gasteiger partial charge in [0.1, 0.15) is 11.4 Å². The molecule has 12 heteroatoms. The molecule has 1 aliphatic carbocycles. The highest BCUT2D eigenvalue weighted by Gasteiger charge is 2.49. The zero-order valence-electron chi connectivity index (χ0n) is 23.2. The highest BCUT2D eigenvalue weighted by atomic mass is 16.9. The Kier molecular flexibility index (Phi) is 8.46. The fourth-order valence-electron chi connectivity index (χ4n) is 5.58. The standard InChI is InChI=1S/C29H35N7O5/c1-2-3-11-25-30-29(17-6-7-18-29)28(38)34(25)20-21-13-15-22(16-14-21)23-9-4-5-10-24(23)27-31-33-35(32-27)26(37)12-8-19-41-36(39)40/h4-5,9-10,13-16,33H,2-3,6-8,11-12,17-20H2,1H3,(H,31,32). The number of nitrogens with zero attached hydrogens (tertiary/aromatic N) is 5. The van der Waals surface area contributed by atoms with Gasteiger partial charge in [0.2, 0.25) is 0 Å². The third-order valence-electron chi connectivity index (χ3n) is 7.73. The van der Waals surface area contributed by atoms with Gasteiger partial charge in [-0.15, -0.1) is 20.3 Å². The number of hydrazone groups is 1. The summed E-state index contributed by atoms with van der Waals surface area (Å²) in [6.45, 7) is 2.51. The van der Waals surface area contributed by atoms with Gasteiger partial charge >= 0.3 is 0 Å². The topological polar surface area (TPSA) is 142 Å². The van der Waals surface area contributed by atoms with Gasteiger partial charge in [-0.3, -0.25) is 24.9 Å². The van der Waals surface area contributed by atoms with Crippen molar-refractivity contribution in [1.29, 1.82) is 0 Å². The Bertz CT molecular complexity index is 1350. The van der Waals surface area contributed by atoms with E-state index in [1.54, 1.807) is 0 Å². The second kappa shape index (κ2) is 12.4. The molecule has 41 heavy (non-hydrogen) atoms. The molecule has 0 radical (unpaired) electrons. The number of amides is 2. The highest BCUT2D eigenvalue weighted by Crippen LogP contribution is 2.40. The van der Waals surface area contributed by atoms with Crippen LogP contribution in [0.15, 0.2) is 58.6 Å². The predicted octanol–water partition coefficient (Wildman–Crippen LogP) is 4.10. The molecule has 2 aromatic rings. The third kappa shape index (κ3) is 6.16. The summed E-state index contributed by atoms with van der Waals surface area (Å²) in [5.74, 6) is 1.23. The number of hydrogen-bond donors (Lipinski definition) is 2. The molecule has 12 nitrogen and oxygen atoms in total. The van der Waals surface area contributed by atoms with Gasteiger partial charge in [-0.05, 0) is 42.4 Å². The molecule has 0 atom stereocenters. The van der Waals surface area contributed by atoms with Crippen LogP contribution in [0.2, 0.25) is 0 Å². The molecule has 3 aliphatic rings.